The Morgan fingerprint density at radius 3 is 2.65 bits per heavy atom. The van der Waals surface area contributed by atoms with Crippen molar-refractivity contribution in [2.45, 2.75) is 38.3 Å². The van der Waals surface area contributed by atoms with E-state index in [9.17, 15) is 9.59 Å². The number of carbonyl (C=O) groups excluding carboxylic acids is 2. The van der Waals surface area contributed by atoms with E-state index in [4.69, 9.17) is 0 Å². The first-order valence-electron chi connectivity index (χ1n) is 6.41. The lowest BCUT2D eigenvalue weighted by atomic mass is 10.2. The van der Waals surface area contributed by atoms with Crippen molar-refractivity contribution < 1.29 is 9.59 Å². The number of rotatable bonds is 5. The third kappa shape index (κ3) is 2.77. The zero-order chi connectivity index (χ0) is 12.4. The standard InChI is InChI=1S/C12H21N3O2/c1-3-15(9-4-5-9)11(16)8-13-10-6-7-14(2)12(10)17/h9-10,13H,3-8H2,1-2H3. The molecule has 1 N–H and O–H groups in total. The van der Waals surface area contributed by atoms with Gasteiger partial charge >= 0.3 is 0 Å². The minimum absolute atomic E-state index is 0.104. The lowest BCUT2D eigenvalue weighted by Gasteiger charge is -2.21. The quantitative estimate of drug-likeness (QED) is 0.724. The number of amides is 2. The summed E-state index contributed by atoms with van der Waals surface area (Å²) < 4.78 is 0. The maximum Gasteiger partial charge on any atom is 0.239 e. The van der Waals surface area contributed by atoms with Crippen LogP contribution < -0.4 is 5.32 Å². The minimum Gasteiger partial charge on any atom is -0.344 e. The van der Waals surface area contributed by atoms with Gasteiger partial charge in [0.1, 0.15) is 0 Å². The van der Waals surface area contributed by atoms with E-state index >= 15 is 0 Å². The van der Waals surface area contributed by atoms with Crippen LogP contribution in [0.2, 0.25) is 0 Å². The molecule has 0 radical (unpaired) electrons. The van der Waals surface area contributed by atoms with Gasteiger partial charge in [0.05, 0.1) is 12.6 Å². The molecule has 1 aliphatic carbocycles. The Balaban J connectivity index is 1.77. The molecule has 5 heteroatoms. The predicted octanol–water partition coefficient (Wildman–Crippen LogP) is -0.182. The molecule has 0 aromatic carbocycles. The van der Waals surface area contributed by atoms with Crippen LogP contribution in [0.25, 0.3) is 0 Å². The summed E-state index contributed by atoms with van der Waals surface area (Å²) >= 11 is 0. The summed E-state index contributed by atoms with van der Waals surface area (Å²) in [5.41, 5.74) is 0. The summed E-state index contributed by atoms with van der Waals surface area (Å²) in [5, 5.41) is 3.08. The third-order valence-electron chi connectivity index (χ3n) is 3.58. The molecule has 2 rings (SSSR count). The van der Waals surface area contributed by atoms with Gasteiger partial charge in [0, 0.05) is 26.2 Å². The zero-order valence-corrected chi connectivity index (χ0v) is 10.6. The monoisotopic (exact) mass is 239 g/mol. The predicted molar refractivity (Wildman–Crippen MR) is 64.5 cm³/mol. The molecule has 96 valence electrons. The lowest BCUT2D eigenvalue weighted by Crippen LogP contribution is -2.45. The topological polar surface area (TPSA) is 52.7 Å². The van der Waals surface area contributed by atoms with Crippen molar-refractivity contribution >= 4 is 11.8 Å². The van der Waals surface area contributed by atoms with E-state index in [1.54, 1.807) is 11.9 Å². The highest BCUT2D eigenvalue weighted by Crippen LogP contribution is 2.26. The fraction of sp³-hybridized carbons (Fsp3) is 0.833. The van der Waals surface area contributed by atoms with Crippen molar-refractivity contribution in [3.63, 3.8) is 0 Å². The first kappa shape index (κ1) is 12.4. The third-order valence-corrected chi connectivity index (χ3v) is 3.58. The molecule has 1 aliphatic heterocycles. The van der Waals surface area contributed by atoms with Crippen molar-refractivity contribution in [1.82, 2.24) is 15.1 Å². The van der Waals surface area contributed by atoms with Crippen molar-refractivity contribution in [3.05, 3.63) is 0 Å². The van der Waals surface area contributed by atoms with Crippen molar-refractivity contribution in [2.75, 3.05) is 26.7 Å². The van der Waals surface area contributed by atoms with Crippen molar-refractivity contribution in [2.24, 2.45) is 0 Å². The summed E-state index contributed by atoms with van der Waals surface area (Å²) in [7, 11) is 1.80. The largest absolute Gasteiger partial charge is 0.344 e. The molecule has 1 saturated carbocycles. The molecule has 0 bridgehead atoms. The molecule has 0 aromatic rings. The second kappa shape index (κ2) is 5.04. The highest BCUT2D eigenvalue weighted by molar-refractivity contribution is 5.85. The number of nitrogens with zero attached hydrogens (tertiary/aromatic N) is 2. The average Bonchev–Trinajstić information content (AvgIpc) is 3.08. The fourth-order valence-electron chi connectivity index (χ4n) is 2.35. The van der Waals surface area contributed by atoms with Crippen molar-refractivity contribution in [1.29, 1.82) is 0 Å². The van der Waals surface area contributed by atoms with E-state index in [2.05, 4.69) is 5.32 Å². The van der Waals surface area contributed by atoms with E-state index in [-0.39, 0.29) is 24.4 Å². The molecule has 2 amide bonds. The highest BCUT2D eigenvalue weighted by Gasteiger charge is 2.33. The highest BCUT2D eigenvalue weighted by atomic mass is 16.2. The number of hydrogen-bond acceptors (Lipinski definition) is 3. The molecule has 2 fully saturated rings. The Bertz CT molecular complexity index is 315. The van der Waals surface area contributed by atoms with Gasteiger partial charge in [-0.2, -0.15) is 0 Å². The Morgan fingerprint density at radius 1 is 1.47 bits per heavy atom. The van der Waals surface area contributed by atoms with Gasteiger partial charge in [0.15, 0.2) is 0 Å². The Labute approximate surface area is 102 Å². The van der Waals surface area contributed by atoms with Crippen LogP contribution in [0, 0.1) is 0 Å². The summed E-state index contributed by atoms with van der Waals surface area (Å²) in [4.78, 5) is 27.2. The van der Waals surface area contributed by atoms with Crippen LogP contribution in [0.1, 0.15) is 26.2 Å². The number of nitrogens with one attached hydrogen (secondary N) is 1. The molecule has 1 atom stereocenters. The second-order valence-electron chi connectivity index (χ2n) is 4.89. The number of carbonyl (C=O) groups is 2. The van der Waals surface area contributed by atoms with Gasteiger partial charge in [-0.1, -0.05) is 0 Å². The van der Waals surface area contributed by atoms with Gasteiger partial charge in [0.2, 0.25) is 11.8 Å². The fourth-order valence-corrected chi connectivity index (χ4v) is 2.35. The normalized spacial score (nSPS) is 24.2. The molecule has 1 unspecified atom stereocenters. The Kier molecular flexibility index (Phi) is 3.66. The zero-order valence-electron chi connectivity index (χ0n) is 10.6. The molecular weight excluding hydrogens is 218 g/mol. The van der Waals surface area contributed by atoms with Gasteiger partial charge < -0.3 is 9.80 Å². The van der Waals surface area contributed by atoms with E-state index < -0.39 is 0 Å². The molecule has 0 spiro atoms. The maximum absolute atomic E-state index is 11.9. The van der Waals surface area contributed by atoms with Gasteiger partial charge in [0.25, 0.3) is 0 Å². The van der Waals surface area contributed by atoms with Crippen LogP contribution in [0.4, 0.5) is 0 Å². The van der Waals surface area contributed by atoms with Crippen molar-refractivity contribution in [3.8, 4) is 0 Å². The van der Waals surface area contributed by atoms with Crippen LogP contribution in [0.5, 0.6) is 0 Å². The average molecular weight is 239 g/mol. The van der Waals surface area contributed by atoms with Crippen LogP contribution in [0.3, 0.4) is 0 Å². The number of likely N-dealkylation sites (tertiary alicyclic amines) is 1. The van der Waals surface area contributed by atoms with Crippen LogP contribution >= 0.6 is 0 Å². The maximum atomic E-state index is 11.9. The lowest BCUT2D eigenvalue weighted by molar-refractivity contribution is -0.131. The molecule has 2 aliphatic rings. The molecular formula is C12H21N3O2. The Morgan fingerprint density at radius 2 is 2.18 bits per heavy atom. The van der Waals surface area contributed by atoms with E-state index in [0.717, 1.165) is 32.4 Å². The summed E-state index contributed by atoms with van der Waals surface area (Å²) in [5.74, 6) is 0.227. The number of hydrogen-bond donors (Lipinski definition) is 1. The first-order chi connectivity index (χ1) is 8.13. The van der Waals surface area contributed by atoms with Gasteiger partial charge in [-0.15, -0.1) is 0 Å². The smallest absolute Gasteiger partial charge is 0.239 e. The summed E-state index contributed by atoms with van der Waals surface area (Å²) in [6.07, 6.45) is 3.06. The van der Waals surface area contributed by atoms with Crippen LogP contribution in [-0.2, 0) is 9.59 Å². The van der Waals surface area contributed by atoms with E-state index in [1.807, 2.05) is 11.8 Å². The summed E-state index contributed by atoms with van der Waals surface area (Å²) in [6.45, 7) is 3.84. The van der Waals surface area contributed by atoms with Gasteiger partial charge in [-0.05, 0) is 26.2 Å². The van der Waals surface area contributed by atoms with Crippen LogP contribution in [0.15, 0.2) is 0 Å². The number of likely N-dealkylation sites (N-methyl/N-ethyl adjacent to an activating group) is 2. The molecule has 1 heterocycles. The van der Waals surface area contributed by atoms with E-state index in [0.29, 0.717) is 6.04 Å². The van der Waals surface area contributed by atoms with E-state index in [1.165, 1.54) is 0 Å². The van der Waals surface area contributed by atoms with Gasteiger partial charge in [-0.3, -0.25) is 14.9 Å². The first-order valence-corrected chi connectivity index (χ1v) is 6.41. The second-order valence-corrected chi connectivity index (χ2v) is 4.89. The van der Waals surface area contributed by atoms with Crippen LogP contribution in [-0.4, -0.2) is 60.4 Å². The molecule has 0 aromatic heterocycles. The Hall–Kier alpha value is -1.10. The molecule has 1 saturated heterocycles. The molecule has 5 nitrogen and oxygen atoms in total. The minimum atomic E-state index is -0.165. The summed E-state index contributed by atoms with van der Waals surface area (Å²) in [6, 6.07) is 0.290. The molecule has 17 heavy (non-hydrogen) atoms. The SMILES string of the molecule is CCN(C(=O)CNC1CCN(C)C1=O)C1CC1. The van der Waals surface area contributed by atoms with Gasteiger partial charge in [-0.25, -0.2) is 0 Å².